The Morgan fingerprint density at radius 1 is 1.06 bits per heavy atom. The number of piperidine rings is 1. The van der Waals surface area contributed by atoms with E-state index in [9.17, 15) is 18.0 Å². The predicted octanol–water partition coefficient (Wildman–Crippen LogP) is 3.77. The molecule has 7 nitrogen and oxygen atoms in total. The molecule has 0 radical (unpaired) electrons. The fourth-order valence-electron chi connectivity index (χ4n) is 4.03. The first-order chi connectivity index (χ1) is 15.1. The smallest absolute Gasteiger partial charge is 0.338 e. The predicted molar refractivity (Wildman–Crippen MR) is 123 cm³/mol. The summed E-state index contributed by atoms with van der Waals surface area (Å²) in [6, 6.07) is 13.0. The summed E-state index contributed by atoms with van der Waals surface area (Å²) in [6.45, 7) is 5.54. The highest BCUT2D eigenvalue weighted by Crippen LogP contribution is 2.24. The molecule has 0 spiro atoms. The van der Waals surface area contributed by atoms with Crippen molar-refractivity contribution in [1.29, 1.82) is 0 Å². The molecule has 0 unspecified atom stereocenters. The number of carbonyl (C=O) groups is 2. The first kappa shape index (κ1) is 23.8. The molecule has 2 aromatic rings. The number of sulfonamides is 1. The Morgan fingerprint density at radius 3 is 2.31 bits per heavy atom. The Kier molecular flexibility index (Phi) is 7.23. The normalized spacial score (nSPS) is 18.8. The van der Waals surface area contributed by atoms with Crippen LogP contribution in [0.4, 0.5) is 5.69 Å². The first-order valence-corrected chi connectivity index (χ1v) is 12.2. The van der Waals surface area contributed by atoms with Crippen molar-refractivity contribution >= 4 is 27.6 Å². The van der Waals surface area contributed by atoms with Gasteiger partial charge in [-0.25, -0.2) is 13.2 Å². The van der Waals surface area contributed by atoms with E-state index in [4.69, 9.17) is 4.74 Å². The van der Waals surface area contributed by atoms with Crippen LogP contribution in [-0.4, -0.2) is 50.9 Å². The molecule has 0 aromatic heterocycles. The van der Waals surface area contributed by atoms with Crippen LogP contribution in [0.1, 0.15) is 49.0 Å². The molecule has 0 aliphatic carbocycles. The molecule has 1 saturated heterocycles. The maximum Gasteiger partial charge on any atom is 0.338 e. The zero-order chi connectivity index (χ0) is 23.5. The number of hydrogen-bond donors (Lipinski definition) is 0. The number of anilines is 1. The van der Waals surface area contributed by atoms with Gasteiger partial charge >= 0.3 is 5.97 Å². The van der Waals surface area contributed by atoms with E-state index in [0.29, 0.717) is 5.69 Å². The minimum Gasteiger partial charge on any atom is -0.452 e. The van der Waals surface area contributed by atoms with Gasteiger partial charge in [0.15, 0.2) is 6.61 Å². The number of hydrogen-bond acceptors (Lipinski definition) is 5. The van der Waals surface area contributed by atoms with Crippen molar-refractivity contribution in [1.82, 2.24) is 4.90 Å². The fraction of sp³-hybridized carbons (Fsp3) is 0.417. The molecule has 0 N–H and O–H groups in total. The quantitative estimate of drug-likeness (QED) is 0.616. The maximum absolute atomic E-state index is 13.1. The van der Waals surface area contributed by atoms with Gasteiger partial charge in [0.1, 0.15) is 0 Å². The molecule has 8 heteroatoms. The molecule has 1 amide bonds. The SMILES string of the molecule is Cc1ccc(N(C)S(=O)(=O)c2cccc(C(=O)OCC(=O)N3[C@@H](C)CCC[C@@H]3C)c2)cc1. The van der Waals surface area contributed by atoms with Crippen molar-refractivity contribution in [2.24, 2.45) is 0 Å². The molecule has 172 valence electrons. The van der Waals surface area contributed by atoms with Crippen LogP contribution < -0.4 is 4.31 Å². The van der Waals surface area contributed by atoms with Crippen LogP contribution in [0.15, 0.2) is 53.4 Å². The third kappa shape index (κ3) is 5.12. The summed E-state index contributed by atoms with van der Waals surface area (Å²) in [5.74, 6) is -0.966. The Hall–Kier alpha value is -2.87. The highest BCUT2D eigenvalue weighted by molar-refractivity contribution is 7.92. The number of benzene rings is 2. The Morgan fingerprint density at radius 2 is 1.69 bits per heavy atom. The monoisotopic (exact) mass is 458 g/mol. The average Bonchev–Trinajstić information content (AvgIpc) is 2.77. The van der Waals surface area contributed by atoms with Gasteiger partial charge in [0.25, 0.3) is 15.9 Å². The van der Waals surface area contributed by atoms with E-state index in [1.54, 1.807) is 17.0 Å². The second-order valence-electron chi connectivity index (χ2n) is 8.34. The average molecular weight is 459 g/mol. The van der Waals surface area contributed by atoms with E-state index in [2.05, 4.69) is 0 Å². The van der Waals surface area contributed by atoms with Crippen LogP contribution >= 0.6 is 0 Å². The van der Waals surface area contributed by atoms with Crippen LogP contribution in [0.5, 0.6) is 0 Å². The maximum atomic E-state index is 13.1. The van der Waals surface area contributed by atoms with Crippen LogP contribution in [0.3, 0.4) is 0 Å². The molecule has 1 fully saturated rings. The molecule has 0 saturated carbocycles. The van der Waals surface area contributed by atoms with Crippen molar-refractivity contribution in [2.75, 3.05) is 18.0 Å². The summed E-state index contributed by atoms with van der Waals surface area (Å²) in [5, 5.41) is 0. The van der Waals surface area contributed by atoms with E-state index in [1.807, 2.05) is 32.9 Å². The zero-order valence-corrected chi connectivity index (χ0v) is 19.8. The fourth-order valence-corrected chi connectivity index (χ4v) is 5.28. The Bertz CT molecular complexity index is 1070. The minimum absolute atomic E-state index is 0.0281. The summed E-state index contributed by atoms with van der Waals surface area (Å²) in [6.07, 6.45) is 2.93. The molecule has 2 aromatic carbocycles. The van der Waals surface area contributed by atoms with Crippen LogP contribution in [0.25, 0.3) is 0 Å². The van der Waals surface area contributed by atoms with Gasteiger partial charge in [-0.05, 0) is 70.4 Å². The first-order valence-electron chi connectivity index (χ1n) is 10.7. The van der Waals surface area contributed by atoms with Crippen molar-refractivity contribution in [2.45, 2.75) is 57.0 Å². The number of nitrogens with zero attached hydrogens (tertiary/aromatic N) is 2. The molecule has 1 aliphatic rings. The largest absolute Gasteiger partial charge is 0.452 e. The minimum atomic E-state index is -3.87. The van der Waals surface area contributed by atoms with Gasteiger partial charge in [-0.1, -0.05) is 23.8 Å². The highest BCUT2D eigenvalue weighted by Gasteiger charge is 2.29. The number of ether oxygens (including phenoxy) is 1. The molecule has 1 aliphatic heterocycles. The Labute approximate surface area is 190 Å². The lowest BCUT2D eigenvalue weighted by atomic mass is 9.97. The summed E-state index contributed by atoms with van der Waals surface area (Å²) in [4.78, 5) is 26.9. The van der Waals surface area contributed by atoms with E-state index in [1.165, 1.54) is 35.6 Å². The summed E-state index contributed by atoms with van der Waals surface area (Å²) < 4.78 is 32.5. The van der Waals surface area contributed by atoms with Crippen LogP contribution in [0.2, 0.25) is 0 Å². The third-order valence-electron chi connectivity index (χ3n) is 5.93. The Balaban J connectivity index is 1.71. The summed E-state index contributed by atoms with van der Waals surface area (Å²) in [5.41, 5.74) is 1.61. The molecule has 2 atom stereocenters. The lowest BCUT2D eigenvalue weighted by molar-refractivity contribution is -0.140. The van der Waals surface area contributed by atoms with Crippen molar-refractivity contribution in [3.05, 3.63) is 59.7 Å². The zero-order valence-electron chi connectivity index (χ0n) is 18.9. The molecule has 0 bridgehead atoms. The second-order valence-corrected chi connectivity index (χ2v) is 10.3. The van der Waals surface area contributed by atoms with Gasteiger partial charge in [0, 0.05) is 19.1 Å². The number of carbonyl (C=O) groups excluding carboxylic acids is 2. The molecular weight excluding hydrogens is 428 g/mol. The third-order valence-corrected chi connectivity index (χ3v) is 7.72. The van der Waals surface area contributed by atoms with E-state index < -0.39 is 16.0 Å². The molecular formula is C24H30N2O5S. The number of amides is 1. The summed E-state index contributed by atoms with van der Waals surface area (Å²) in [7, 11) is -2.41. The van der Waals surface area contributed by atoms with Crippen LogP contribution in [-0.2, 0) is 19.6 Å². The van der Waals surface area contributed by atoms with E-state index in [0.717, 1.165) is 24.8 Å². The number of esters is 1. The lowest BCUT2D eigenvalue weighted by Gasteiger charge is -2.38. The van der Waals surface area contributed by atoms with Gasteiger partial charge in [-0.3, -0.25) is 9.10 Å². The number of aryl methyl sites for hydroxylation is 1. The standard InChI is InChI=1S/C24H30N2O5S/c1-17-11-13-21(14-12-17)25(4)32(29,30)22-10-6-9-20(15-22)24(28)31-16-23(27)26-18(2)7-5-8-19(26)3/h6,9-15,18-19H,5,7-8,16H2,1-4H3/t18-,19-/m0/s1. The number of rotatable bonds is 6. The lowest BCUT2D eigenvalue weighted by Crippen LogP contribution is -2.49. The molecule has 32 heavy (non-hydrogen) atoms. The van der Waals surface area contributed by atoms with Gasteiger partial charge in [-0.2, -0.15) is 0 Å². The topological polar surface area (TPSA) is 84.0 Å². The number of likely N-dealkylation sites (tertiary alicyclic amines) is 1. The van der Waals surface area contributed by atoms with E-state index >= 15 is 0 Å². The van der Waals surface area contributed by atoms with Gasteiger partial charge in [0.05, 0.1) is 16.1 Å². The van der Waals surface area contributed by atoms with E-state index in [-0.39, 0.29) is 35.1 Å². The van der Waals surface area contributed by atoms with Crippen molar-refractivity contribution in [3.63, 3.8) is 0 Å². The van der Waals surface area contributed by atoms with Crippen molar-refractivity contribution in [3.8, 4) is 0 Å². The second kappa shape index (κ2) is 9.73. The van der Waals surface area contributed by atoms with Gasteiger partial charge in [0.2, 0.25) is 0 Å². The molecule has 3 rings (SSSR count). The van der Waals surface area contributed by atoms with Gasteiger partial charge < -0.3 is 9.64 Å². The molecule has 1 heterocycles. The summed E-state index contributed by atoms with van der Waals surface area (Å²) >= 11 is 0. The van der Waals surface area contributed by atoms with Gasteiger partial charge in [-0.15, -0.1) is 0 Å². The highest BCUT2D eigenvalue weighted by atomic mass is 32.2. The van der Waals surface area contributed by atoms with Crippen molar-refractivity contribution < 1.29 is 22.7 Å². The van der Waals surface area contributed by atoms with Crippen LogP contribution in [0, 0.1) is 6.92 Å².